The van der Waals surface area contributed by atoms with Gasteiger partial charge in [-0.2, -0.15) is 9.97 Å². The molecule has 27 heavy (non-hydrogen) atoms. The molecule has 0 saturated carbocycles. The molecular weight excluding hydrogens is 404 g/mol. The summed E-state index contributed by atoms with van der Waals surface area (Å²) in [6.45, 7) is 4.49. The summed E-state index contributed by atoms with van der Waals surface area (Å²) in [7, 11) is -3.90. The molecule has 0 radical (unpaired) electrons. The Morgan fingerprint density at radius 3 is 2.96 bits per heavy atom. The lowest BCUT2D eigenvalue weighted by Crippen LogP contribution is -2.45. The first-order valence-corrected chi connectivity index (χ1v) is 10.1. The van der Waals surface area contributed by atoms with E-state index in [-0.39, 0.29) is 28.9 Å². The monoisotopic (exact) mass is 421 g/mol. The number of halogens is 2. The second-order valence-corrected chi connectivity index (χ2v) is 8.73. The number of rotatable bonds is 3. The maximum atomic E-state index is 15.7. The van der Waals surface area contributed by atoms with E-state index in [1.807, 2.05) is 0 Å². The Hall–Kier alpha value is -1.36. The molecule has 10 nitrogen and oxygen atoms in total. The molecule has 2 aliphatic heterocycles. The van der Waals surface area contributed by atoms with Gasteiger partial charge in [0.2, 0.25) is 5.95 Å². The number of nitrogens with two attached hydrogens (primary N) is 1. The summed E-state index contributed by atoms with van der Waals surface area (Å²) >= 11 is 6.02. The van der Waals surface area contributed by atoms with Gasteiger partial charge in [0.05, 0.1) is 19.0 Å². The summed E-state index contributed by atoms with van der Waals surface area (Å²) < 4.78 is 51.3. The highest BCUT2D eigenvalue weighted by Crippen LogP contribution is 2.60. The van der Waals surface area contributed by atoms with Crippen LogP contribution in [0.15, 0.2) is 6.33 Å². The zero-order chi connectivity index (χ0) is 19.6. The lowest BCUT2D eigenvalue weighted by atomic mass is 9.98. The molecular formula is C14H18ClFN5O5P. The van der Waals surface area contributed by atoms with Crippen LogP contribution < -0.4 is 5.73 Å². The van der Waals surface area contributed by atoms with Gasteiger partial charge < -0.3 is 10.5 Å². The van der Waals surface area contributed by atoms with Gasteiger partial charge in [0, 0.05) is 0 Å². The number of hydrogen-bond acceptors (Lipinski definition) is 9. The van der Waals surface area contributed by atoms with Crippen molar-refractivity contribution in [2.24, 2.45) is 0 Å². The van der Waals surface area contributed by atoms with Gasteiger partial charge in [-0.05, 0) is 20.8 Å². The Balaban J connectivity index is 1.70. The molecule has 4 rings (SSSR count). The van der Waals surface area contributed by atoms with Crippen LogP contribution >= 0.6 is 19.4 Å². The van der Waals surface area contributed by atoms with E-state index in [9.17, 15) is 4.57 Å². The minimum atomic E-state index is -3.90. The van der Waals surface area contributed by atoms with Gasteiger partial charge >= 0.3 is 7.82 Å². The molecule has 2 saturated heterocycles. The van der Waals surface area contributed by atoms with Crippen molar-refractivity contribution >= 4 is 36.5 Å². The van der Waals surface area contributed by atoms with Gasteiger partial charge in [-0.3, -0.25) is 18.1 Å². The van der Waals surface area contributed by atoms with Crippen LogP contribution in [0.1, 0.15) is 27.0 Å². The van der Waals surface area contributed by atoms with Crippen molar-refractivity contribution in [2.45, 2.75) is 51.0 Å². The third kappa shape index (κ3) is 3.12. The van der Waals surface area contributed by atoms with Gasteiger partial charge in [0.15, 0.2) is 22.7 Å². The second kappa shape index (κ2) is 6.33. The first kappa shape index (κ1) is 19.0. The number of hydrogen-bond donors (Lipinski definition) is 1. The largest absolute Gasteiger partial charge is 0.475 e. The molecule has 148 valence electrons. The smallest absolute Gasteiger partial charge is 0.368 e. The first-order valence-electron chi connectivity index (χ1n) is 8.22. The van der Waals surface area contributed by atoms with Crippen LogP contribution in [0.25, 0.3) is 11.2 Å². The molecule has 0 amide bonds. The molecule has 0 aromatic carbocycles. The van der Waals surface area contributed by atoms with Gasteiger partial charge in [-0.1, -0.05) is 11.6 Å². The molecule has 2 aromatic rings. The fraction of sp³-hybridized carbons (Fsp3) is 0.643. The molecule has 0 bridgehead atoms. The van der Waals surface area contributed by atoms with Crippen molar-refractivity contribution in [3.8, 4) is 0 Å². The number of imidazole rings is 1. The minimum Gasteiger partial charge on any atom is -0.368 e. The molecule has 5 atom stereocenters. The Labute approximate surface area is 158 Å². The van der Waals surface area contributed by atoms with Crippen LogP contribution in [0.3, 0.4) is 0 Å². The number of alkyl halides is 1. The highest BCUT2D eigenvalue weighted by Gasteiger charge is 2.61. The van der Waals surface area contributed by atoms with E-state index in [2.05, 4.69) is 15.0 Å². The molecule has 2 aromatic heterocycles. The van der Waals surface area contributed by atoms with Gasteiger partial charge in [-0.25, -0.2) is 13.9 Å². The van der Waals surface area contributed by atoms with Crippen molar-refractivity contribution < 1.29 is 27.3 Å². The number of phosphoric acid groups is 1. The Bertz CT molecular complexity index is 940. The van der Waals surface area contributed by atoms with Crippen molar-refractivity contribution in [3.05, 3.63) is 11.5 Å². The summed E-state index contributed by atoms with van der Waals surface area (Å²) in [6.07, 6.45) is -2.24. The predicted octanol–water partition coefficient (Wildman–Crippen LogP) is 2.64. The zero-order valence-corrected chi connectivity index (χ0v) is 16.4. The highest BCUT2D eigenvalue weighted by molar-refractivity contribution is 7.48. The fourth-order valence-electron chi connectivity index (χ4n) is 3.23. The molecule has 13 heteroatoms. The van der Waals surface area contributed by atoms with Crippen LogP contribution in [-0.4, -0.2) is 50.1 Å². The molecule has 2 aliphatic rings. The normalized spacial score (nSPS) is 36.4. The number of aromatic nitrogens is 4. The third-order valence-electron chi connectivity index (χ3n) is 4.31. The summed E-state index contributed by atoms with van der Waals surface area (Å²) in [5, 5.41) is 0.0432. The van der Waals surface area contributed by atoms with E-state index in [4.69, 9.17) is 35.6 Å². The number of phosphoric ester groups is 1. The topological polar surface area (TPSA) is 124 Å². The summed E-state index contributed by atoms with van der Waals surface area (Å²) in [5.41, 5.74) is 4.01. The second-order valence-electron chi connectivity index (χ2n) is 6.80. The standard InChI is InChI=1S/C14H18ClFN5O5P/c1-6(2)25-27(22)23-4-7-9(26-27)14(3,16)12(24-7)21-5-18-8-10(15)19-13(17)20-11(8)21/h5-7,9,12H,4H2,1-3H3,(H2,17,19,20)/t7-,9-,12-,14-,27?/m1/s1. The number of ether oxygens (including phenoxy) is 1. The van der Waals surface area contributed by atoms with Crippen LogP contribution in [0.2, 0.25) is 5.15 Å². The van der Waals surface area contributed by atoms with Crippen molar-refractivity contribution in [3.63, 3.8) is 0 Å². The molecule has 0 spiro atoms. The minimum absolute atomic E-state index is 0.0432. The Morgan fingerprint density at radius 2 is 2.26 bits per heavy atom. The maximum absolute atomic E-state index is 15.7. The third-order valence-corrected chi connectivity index (χ3v) is 6.20. The van der Waals surface area contributed by atoms with Gasteiger partial charge in [0.1, 0.15) is 17.7 Å². The number of nitrogen functional groups attached to an aromatic ring is 1. The zero-order valence-electron chi connectivity index (χ0n) is 14.7. The SMILES string of the molecule is CC(C)OP1(=O)OC[C@H]2O[C@@H](n3cnc4c(Cl)nc(N)nc43)[C@](C)(F)[C@@H]2O1. The van der Waals surface area contributed by atoms with Gasteiger partial charge in [0.25, 0.3) is 0 Å². The Kier molecular flexibility index (Phi) is 4.45. The van der Waals surface area contributed by atoms with Crippen LogP contribution in [0, 0.1) is 0 Å². The highest BCUT2D eigenvalue weighted by atomic mass is 35.5. The first-order chi connectivity index (χ1) is 12.6. The average molecular weight is 422 g/mol. The van der Waals surface area contributed by atoms with E-state index in [1.165, 1.54) is 17.8 Å². The molecule has 2 N–H and O–H groups in total. The quantitative estimate of drug-likeness (QED) is 0.588. The molecule has 0 aliphatic carbocycles. The summed E-state index contributed by atoms with van der Waals surface area (Å²) in [4.78, 5) is 12.0. The Morgan fingerprint density at radius 1 is 1.52 bits per heavy atom. The lowest BCUT2D eigenvalue weighted by Gasteiger charge is -2.34. The van der Waals surface area contributed by atoms with Crippen LogP contribution in [0.4, 0.5) is 10.3 Å². The van der Waals surface area contributed by atoms with Crippen LogP contribution in [-0.2, 0) is 22.9 Å². The van der Waals surface area contributed by atoms with E-state index >= 15 is 4.39 Å². The maximum Gasteiger partial charge on any atom is 0.475 e. The lowest BCUT2D eigenvalue weighted by molar-refractivity contribution is -0.0733. The van der Waals surface area contributed by atoms with Gasteiger partial charge in [-0.15, -0.1) is 0 Å². The summed E-state index contributed by atoms with van der Waals surface area (Å²) in [6, 6.07) is 0. The van der Waals surface area contributed by atoms with E-state index in [0.717, 1.165) is 0 Å². The fourth-order valence-corrected chi connectivity index (χ4v) is 5.08. The van der Waals surface area contributed by atoms with E-state index < -0.39 is 38.0 Å². The predicted molar refractivity (Wildman–Crippen MR) is 92.8 cm³/mol. The molecule has 1 unspecified atom stereocenters. The molecule has 4 heterocycles. The number of fused-ring (bicyclic) bond motifs is 2. The molecule has 2 fully saturated rings. The van der Waals surface area contributed by atoms with Crippen molar-refractivity contribution in [1.29, 1.82) is 0 Å². The summed E-state index contributed by atoms with van der Waals surface area (Å²) in [5.74, 6) is -0.0837. The van der Waals surface area contributed by atoms with E-state index in [1.54, 1.807) is 13.8 Å². The van der Waals surface area contributed by atoms with Crippen LogP contribution in [0.5, 0.6) is 0 Å². The van der Waals surface area contributed by atoms with Crippen molar-refractivity contribution in [2.75, 3.05) is 12.3 Å². The number of anilines is 1. The van der Waals surface area contributed by atoms with E-state index in [0.29, 0.717) is 0 Å². The van der Waals surface area contributed by atoms with Crippen molar-refractivity contribution in [1.82, 2.24) is 19.5 Å². The number of nitrogens with zero attached hydrogens (tertiary/aromatic N) is 4. The average Bonchev–Trinajstić information content (AvgIpc) is 3.05.